The highest BCUT2D eigenvalue weighted by Gasteiger charge is 2.34. The minimum absolute atomic E-state index is 0.146. The second kappa shape index (κ2) is 3.28. The standard InChI is InChI=1S/C12H17NO/c1-7-5-4-6-10-11(8(2)13)9(3)14-12(7)10/h4-6,8-9,11H,13H2,1-3H3. The molecule has 2 rings (SSSR count). The highest BCUT2D eigenvalue weighted by Crippen LogP contribution is 2.41. The first-order valence-electron chi connectivity index (χ1n) is 5.13. The van der Waals surface area contributed by atoms with Crippen LogP contribution in [0.15, 0.2) is 18.2 Å². The predicted molar refractivity (Wildman–Crippen MR) is 57.7 cm³/mol. The van der Waals surface area contributed by atoms with Crippen molar-refractivity contribution in [3.63, 3.8) is 0 Å². The van der Waals surface area contributed by atoms with Gasteiger partial charge >= 0.3 is 0 Å². The second-order valence-corrected chi connectivity index (χ2v) is 4.20. The van der Waals surface area contributed by atoms with Gasteiger partial charge in [0.1, 0.15) is 11.9 Å². The number of para-hydroxylation sites is 1. The van der Waals surface area contributed by atoms with Gasteiger partial charge in [0.2, 0.25) is 0 Å². The molecule has 1 aromatic carbocycles. The summed E-state index contributed by atoms with van der Waals surface area (Å²) in [5, 5.41) is 0. The summed E-state index contributed by atoms with van der Waals surface area (Å²) in [6.07, 6.45) is 0.200. The van der Waals surface area contributed by atoms with E-state index in [2.05, 4.69) is 32.0 Å². The highest BCUT2D eigenvalue weighted by molar-refractivity contribution is 5.47. The van der Waals surface area contributed by atoms with Crippen molar-refractivity contribution in [2.75, 3.05) is 0 Å². The minimum Gasteiger partial charge on any atom is -0.489 e. The van der Waals surface area contributed by atoms with E-state index in [1.807, 2.05) is 6.92 Å². The largest absolute Gasteiger partial charge is 0.489 e. The zero-order valence-corrected chi connectivity index (χ0v) is 8.95. The molecule has 1 aliphatic rings. The van der Waals surface area contributed by atoms with Gasteiger partial charge < -0.3 is 10.5 Å². The van der Waals surface area contributed by atoms with E-state index >= 15 is 0 Å². The molecule has 3 atom stereocenters. The molecule has 0 aromatic heterocycles. The molecule has 0 amide bonds. The van der Waals surface area contributed by atoms with Crippen LogP contribution in [0.25, 0.3) is 0 Å². The SMILES string of the molecule is Cc1cccc2c1OC(C)C2C(C)N. The number of hydrogen-bond donors (Lipinski definition) is 1. The van der Waals surface area contributed by atoms with Crippen LogP contribution in [-0.4, -0.2) is 12.1 Å². The summed E-state index contributed by atoms with van der Waals surface area (Å²) in [4.78, 5) is 0. The lowest BCUT2D eigenvalue weighted by atomic mass is 9.89. The maximum atomic E-state index is 5.97. The molecule has 3 unspecified atom stereocenters. The van der Waals surface area contributed by atoms with E-state index in [9.17, 15) is 0 Å². The van der Waals surface area contributed by atoms with Gasteiger partial charge in [-0.25, -0.2) is 0 Å². The molecular formula is C12H17NO. The molecular weight excluding hydrogens is 174 g/mol. The van der Waals surface area contributed by atoms with Gasteiger partial charge in [0.15, 0.2) is 0 Å². The molecule has 1 aromatic rings. The van der Waals surface area contributed by atoms with Crippen LogP contribution in [0.5, 0.6) is 5.75 Å². The molecule has 76 valence electrons. The Kier molecular flexibility index (Phi) is 2.23. The lowest BCUT2D eigenvalue weighted by Crippen LogP contribution is -2.30. The van der Waals surface area contributed by atoms with Crippen molar-refractivity contribution in [3.8, 4) is 5.75 Å². The van der Waals surface area contributed by atoms with E-state index in [4.69, 9.17) is 10.5 Å². The Balaban J connectivity index is 2.47. The Morgan fingerprint density at radius 2 is 2.14 bits per heavy atom. The van der Waals surface area contributed by atoms with Crippen LogP contribution in [0.3, 0.4) is 0 Å². The van der Waals surface area contributed by atoms with E-state index in [0.29, 0.717) is 5.92 Å². The van der Waals surface area contributed by atoms with Gasteiger partial charge in [-0.2, -0.15) is 0 Å². The van der Waals surface area contributed by atoms with Gasteiger partial charge in [-0.3, -0.25) is 0 Å². The normalized spacial score (nSPS) is 26.9. The van der Waals surface area contributed by atoms with Gasteiger partial charge in [0, 0.05) is 17.5 Å². The number of aryl methyl sites for hydroxylation is 1. The third kappa shape index (κ3) is 1.30. The Morgan fingerprint density at radius 3 is 2.79 bits per heavy atom. The number of rotatable bonds is 1. The second-order valence-electron chi connectivity index (χ2n) is 4.20. The molecule has 0 saturated carbocycles. The molecule has 14 heavy (non-hydrogen) atoms. The van der Waals surface area contributed by atoms with Crippen molar-refractivity contribution in [2.45, 2.75) is 38.8 Å². The van der Waals surface area contributed by atoms with E-state index < -0.39 is 0 Å². The average molecular weight is 191 g/mol. The molecule has 0 fully saturated rings. The van der Waals surface area contributed by atoms with Gasteiger partial charge in [-0.15, -0.1) is 0 Å². The quantitative estimate of drug-likeness (QED) is 0.738. The van der Waals surface area contributed by atoms with E-state index in [1.54, 1.807) is 0 Å². The summed E-state index contributed by atoms with van der Waals surface area (Å²) in [7, 11) is 0. The summed E-state index contributed by atoms with van der Waals surface area (Å²) in [5.74, 6) is 1.38. The molecule has 0 bridgehead atoms. The van der Waals surface area contributed by atoms with Crippen LogP contribution >= 0.6 is 0 Å². The Bertz CT molecular complexity index is 346. The number of ether oxygens (including phenoxy) is 1. The Morgan fingerprint density at radius 1 is 1.43 bits per heavy atom. The van der Waals surface area contributed by atoms with Crippen molar-refractivity contribution >= 4 is 0 Å². The van der Waals surface area contributed by atoms with Crippen LogP contribution in [0.4, 0.5) is 0 Å². The van der Waals surface area contributed by atoms with Crippen LogP contribution in [0.2, 0.25) is 0 Å². The Hall–Kier alpha value is -1.02. The molecule has 2 heteroatoms. The molecule has 0 aliphatic carbocycles. The third-order valence-corrected chi connectivity index (χ3v) is 2.98. The van der Waals surface area contributed by atoms with Gasteiger partial charge in [0.25, 0.3) is 0 Å². The summed E-state index contributed by atoms with van der Waals surface area (Å²) in [6, 6.07) is 6.42. The topological polar surface area (TPSA) is 35.2 Å². The van der Waals surface area contributed by atoms with E-state index in [0.717, 1.165) is 5.75 Å². The average Bonchev–Trinajstić information content (AvgIpc) is 2.42. The number of nitrogens with two attached hydrogens (primary N) is 1. The fraction of sp³-hybridized carbons (Fsp3) is 0.500. The van der Waals surface area contributed by atoms with Gasteiger partial charge in [-0.05, 0) is 26.3 Å². The molecule has 1 heterocycles. The maximum absolute atomic E-state index is 5.97. The Labute approximate surface area is 85.1 Å². The summed E-state index contributed by atoms with van der Waals surface area (Å²) in [6.45, 7) is 6.21. The zero-order valence-electron chi connectivity index (χ0n) is 8.95. The van der Waals surface area contributed by atoms with Gasteiger partial charge in [0.05, 0.1) is 0 Å². The highest BCUT2D eigenvalue weighted by atomic mass is 16.5. The maximum Gasteiger partial charge on any atom is 0.126 e. The fourth-order valence-corrected chi connectivity index (χ4v) is 2.32. The molecule has 0 spiro atoms. The minimum atomic E-state index is 0.146. The molecule has 0 radical (unpaired) electrons. The molecule has 0 saturated heterocycles. The first kappa shape index (κ1) is 9.53. The molecule has 2 N–H and O–H groups in total. The number of benzene rings is 1. The van der Waals surface area contributed by atoms with Gasteiger partial charge in [-0.1, -0.05) is 18.2 Å². The number of hydrogen-bond acceptors (Lipinski definition) is 2. The first-order chi connectivity index (χ1) is 6.61. The van der Waals surface area contributed by atoms with Crippen LogP contribution in [-0.2, 0) is 0 Å². The predicted octanol–water partition coefficient (Wildman–Crippen LogP) is 2.21. The first-order valence-corrected chi connectivity index (χ1v) is 5.13. The third-order valence-electron chi connectivity index (χ3n) is 2.98. The number of fused-ring (bicyclic) bond motifs is 1. The van der Waals surface area contributed by atoms with Crippen molar-refractivity contribution in [3.05, 3.63) is 29.3 Å². The van der Waals surface area contributed by atoms with Crippen molar-refractivity contribution in [1.82, 2.24) is 0 Å². The summed E-state index contributed by atoms with van der Waals surface area (Å²) in [5.41, 5.74) is 8.45. The van der Waals surface area contributed by atoms with E-state index in [1.165, 1.54) is 11.1 Å². The van der Waals surface area contributed by atoms with Crippen LogP contribution < -0.4 is 10.5 Å². The van der Waals surface area contributed by atoms with Crippen molar-refractivity contribution in [2.24, 2.45) is 5.73 Å². The zero-order chi connectivity index (χ0) is 10.3. The van der Waals surface area contributed by atoms with Crippen molar-refractivity contribution < 1.29 is 4.74 Å². The van der Waals surface area contributed by atoms with Crippen molar-refractivity contribution in [1.29, 1.82) is 0 Å². The van der Waals surface area contributed by atoms with Crippen LogP contribution in [0.1, 0.15) is 30.9 Å². The lowest BCUT2D eigenvalue weighted by molar-refractivity contribution is 0.214. The summed E-state index contributed by atoms with van der Waals surface area (Å²) >= 11 is 0. The van der Waals surface area contributed by atoms with E-state index in [-0.39, 0.29) is 12.1 Å². The smallest absolute Gasteiger partial charge is 0.126 e. The lowest BCUT2D eigenvalue weighted by Gasteiger charge is -2.18. The van der Waals surface area contributed by atoms with Crippen LogP contribution in [0, 0.1) is 6.92 Å². The molecule has 2 nitrogen and oxygen atoms in total. The molecule has 1 aliphatic heterocycles. The monoisotopic (exact) mass is 191 g/mol. The fourth-order valence-electron chi connectivity index (χ4n) is 2.32. The summed E-state index contributed by atoms with van der Waals surface area (Å²) < 4.78 is 5.83.